The molecule has 4 N–H and O–H groups in total. The van der Waals surface area contributed by atoms with Crippen LogP contribution in [0.1, 0.15) is 38.2 Å². The second-order valence-electron chi connectivity index (χ2n) is 8.56. The second kappa shape index (κ2) is 8.65. The molecule has 4 rings (SSSR count). The Labute approximate surface area is 187 Å². The number of nitrogens with one attached hydrogen (secondary N) is 1. The van der Waals surface area contributed by atoms with E-state index >= 15 is 0 Å². The van der Waals surface area contributed by atoms with E-state index in [9.17, 15) is 28.0 Å². The number of nitrogens with two attached hydrogens (primary N) is 1. The molecule has 2 amide bonds. The number of hydrogen-bond acceptors (Lipinski definition) is 6. The maximum Gasteiger partial charge on any atom is 0.416 e. The number of likely N-dealkylation sites (tertiary alicyclic amines) is 1. The molecule has 178 valence electrons. The lowest BCUT2D eigenvalue weighted by molar-refractivity contribution is -0.137. The molecule has 33 heavy (non-hydrogen) atoms. The number of rotatable bonds is 3. The Bertz CT molecular complexity index is 1150. The van der Waals surface area contributed by atoms with Crippen molar-refractivity contribution in [2.75, 3.05) is 6.54 Å². The van der Waals surface area contributed by atoms with Crippen LogP contribution in [-0.2, 0) is 15.8 Å². The van der Waals surface area contributed by atoms with E-state index in [0.29, 0.717) is 37.0 Å². The predicted octanol–water partition coefficient (Wildman–Crippen LogP) is 1.18. The molecule has 1 aliphatic heterocycles. The molecule has 2 aromatic rings. The van der Waals surface area contributed by atoms with Gasteiger partial charge in [-0.15, -0.1) is 0 Å². The first kappa shape index (κ1) is 23.0. The van der Waals surface area contributed by atoms with Crippen LogP contribution in [0.25, 0.3) is 10.9 Å². The minimum atomic E-state index is -4.58. The van der Waals surface area contributed by atoms with Crippen molar-refractivity contribution in [3.05, 3.63) is 35.6 Å². The zero-order valence-electron chi connectivity index (χ0n) is 17.9. The minimum Gasteiger partial charge on any atom is -0.427 e. The highest BCUT2D eigenvalue weighted by atomic mass is 19.4. The van der Waals surface area contributed by atoms with E-state index in [0.717, 1.165) is 24.5 Å². The summed E-state index contributed by atoms with van der Waals surface area (Å²) >= 11 is 0. The molecule has 1 aromatic carbocycles. The summed E-state index contributed by atoms with van der Waals surface area (Å²) < 4.78 is 40.2. The van der Waals surface area contributed by atoms with Crippen molar-refractivity contribution in [2.45, 2.75) is 63.0 Å². The molecule has 1 aromatic heterocycles. The molecule has 2 fully saturated rings. The van der Waals surface area contributed by atoms with Gasteiger partial charge in [0.1, 0.15) is 12.4 Å². The van der Waals surface area contributed by atoms with Crippen LogP contribution in [0.15, 0.2) is 29.5 Å². The maximum atomic E-state index is 13.2. The van der Waals surface area contributed by atoms with E-state index in [2.05, 4.69) is 15.3 Å². The minimum absolute atomic E-state index is 0.0131. The summed E-state index contributed by atoms with van der Waals surface area (Å²) in [5.74, 6) is -0.474. The summed E-state index contributed by atoms with van der Waals surface area (Å²) in [6, 6.07) is 1.47. The maximum absolute atomic E-state index is 13.2. The van der Waals surface area contributed by atoms with E-state index in [1.54, 1.807) is 4.90 Å². The average Bonchev–Trinajstić information content (AvgIpc) is 3.09. The molecular formula is C21H25F3N6O3. The zero-order valence-corrected chi connectivity index (χ0v) is 17.9. The van der Waals surface area contributed by atoms with Gasteiger partial charge in [0, 0.05) is 24.9 Å². The third-order valence-electron chi connectivity index (χ3n) is 6.23. The first-order valence-electron chi connectivity index (χ1n) is 10.7. The lowest BCUT2D eigenvalue weighted by atomic mass is 9.86. The Balaban J connectivity index is 1.66. The van der Waals surface area contributed by atoms with Crippen molar-refractivity contribution >= 4 is 22.7 Å². The van der Waals surface area contributed by atoms with Crippen LogP contribution in [0, 0.1) is 0 Å². The van der Waals surface area contributed by atoms with E-state index < -0.39 is 17.8 Å². The number of benzene rings is 1. The van der Waals surface area contributed by atoms with Crippen LogP contribution in [0.5, 0.6) is 0 Å². The van der Waals surface area contributed by atoms with Gasteiger partial charge in [-0.3, -0.25) is 14.6 Å². The fourth-order valence-electron chi connectivity index (χ4n) is 4.69. The lowest BCUT2D eigenvalue weighted by Gasteiger charge is -2.40. The van der Waals surface area contributed by atoms with Crippen molar-refractivity contribution in [3.63, 3.8) is 0 Å². The number of nitrogens with zero attached hydrogens (tertiary/aromatic N) is 4. The topological polar surface area (TPSA) is 126 Å². The standard InChI is InChI=1S/C21H25F3N6O3/c1-11(31)27-16-9-13(25)3-5-18(16)29-7-6-15(20(29)32)28-19-14-8-12(21(22,23)24)2-4-17(14)30(33)10-26-19/h2,4,8,10,13,15-16,18,33H,3,5-7,9,25H2,1H3,(H,27,31)/t13-,15+,16+,18+/m1/s1. The van der Waals surface area contributed by atoms with Crippen LogP contribution in [0.4, 0.5) is 13.2 Å². The Morgan fingerprint density at radius 2 is 2.06 bits per heavy atom. The highest BCUT2D eigenvalue weighted by Crippen LogP contribution is 2.31. The van der Waals surface area contributed by atoms with Crippen LogP contribution < -0.4 is 16.5 Å². The molecule has 1 saturated carbocycles. The van der Waals surface area contributed by atoms with Gasteiger partial charge in [-0.25, -0.2) is 4.98 Å². The number of carbonyl (C=O) groups excluding carboxylic acids is 2. The molecule has 2 aliphatic rings. The summed E-state index contributed by atoms with van der Waals surface area (Å²) in [5.41, 5.74) is 5.18. The Morgan fingerprint density at radius 3 is 2.76 bits per heavy atom. The van der Waals surface area contributed by atoms with E-state index in [-0.39, 0.29) is 46.3 Å². The van der Waals surface area contributed by atoms with Crippen molar-refractivity contribution in [1.82, 2.24) is 19.9 Å². The molecule has 1 saturated heterocycles. The first-order chi connectivity index (χ1) is 15.5. The summed E-state index contributed by atoms with van der Waals surface area (Å²) in [4.78, 5) is 34.8. The molecule has 4 atom stereocenters. The third-order valence-corrected chi connectivity index (χ3v) is 6.23. The van der Waals surface area contributed by atoms with Crippen LogP contribution >= 0.6 is 0 Å². The second-order valence-corrected chi connectivity index (χ2v) is 8.56. The van der Waals surface area contributed by atoms with Crippen molar-refractivity contribution < 1.29 is 28.0 Å². The number of halogens is 3. The summed E-state index contributed by atoms with van der Waals surface area (Å²) in [5, 5.41) is 12.8. The van der Waals surface area contributed by atoms with Crippen LogP contribution in [-0.4, -0.2) is 62.3 Å². The highest BCUT2D eigenvalue weighted by molar-refractivity contribution is 5.85. The van der Waals surface area contributed by atoms with Gasteiger partial charge in [0.05, 0.1) is 23.2 Å². The molecule has 12 heteroatoms. The largest absolute Gasteiger partial charge is 0.427 e. The normalized spacial score (nSPS) is 26.8. The quantitative estimate of drug-likeness (QED) is 0.586. The molecule has 0 spiro atoms. The zero-order chi connectivity index (χ0) is 23.9. The molecule has 1 aliphatic carbocycles. The number of hydrogen-bond donors (Lipinski definition) is 3. The Hall–Kier alpha value is -3.15. The number of fused-ring (bicyclic) bond motifs is 1. The molecular weight excluding hydrogens is 441 g/mol. The summed E-state index contributed by atoms with van der Waals surface area (Å²) in [7, 11) is 0. The molecule has 0 unspecified atom stereocenters. The average molecular weight is 466 g/mol. The lowest BCUT2D eigenvalue weighted by Crippen LogP contribution is -2.57. The van der Waals surface area contributed by atoms with Crippen molar-refractivity contribution in [1.29, 1.82) is 0 Å². The molecule has 0 bridgehead atoms. The third kappa shape index (κ3) is 4.65. The van der Waals surface area contributed by atoms with Gasteiger partial charge in [-0.2, -0.15) is 17.9 Å². The number of aromatic nitrogens is 2. The Morgan fingerprint density at radius 1 is 1.30 bits per heavy atom. The summed E-state index contributed by atoms with van der Waals surface area (Å²) in [6.45, 7) is 1.82. The van der Waals surface area contributed by atoms with Gasteiger partial charge in [0.25, 0.3) is 0 Å². The fourth-order valence-corrected chi connectivity index (χ4v) is 4.69. The molecule has 9 nitrogen and oxygen atoms in total. The SMILES string of the molecule is CC(=O)N[C@H]1C[C@H](N)CC[C@@H]1N1CC[C@H](N=c2ncn(O)c3ccc(C(F)(F)F)cc23)C1=O. The number of carbonyl (C=O) groups is 2. The molecule has 2 heterocycles. The van der Waals surface area contributed by atoms with Gasteiger partial charge in [-0.1, -0.05) is 0 Å². The fraction of sp³-hybridized carbons (Fsp3) is 0.524. The predicted molar refractivity (Wildman–Crippen MR) is 111 cm³/mol. The van der Waals surface area contributed by atoms with E-state index in [1.807, 2.05) is 0 Å². The van der Waals surface area contributed by atoms with E-state index in [4.69, 9.17) is 5.73 Å². The van der Waals surface area contributed by atoms with Gasteiger partial charge >= 0.3 is 6.18 Å². The smallest absolute Gasteiger partial charge is 0.416 e. The van der Waals surface area contributed by atoms with Crippen molar-refractivity contribution in [2.24, 2.45) is 10.7 Å². The van der Waals surface area contributed by atoms with Gasteiger partial charge < -0.3 is 21.2 Å². The Kier molecular flexibility index (Phi) is 6.04. The van der Waals surface area contributed by atoms with Gasteiger partial charge in [0.2, 0.25) is 11.8 Å². The van der Waals surface area contributed by atoms with Gasteiger partial charge in [-0.05, 0) is 43.9 Å². The molecule has 0 radical (unpaired) electrons. The van der Waals surface area contributed by atoms with E-state index in [1.165, 1.54) is 6.92 Å². The highest BCUT2D eigenvalue weighted by Gasteiger charge is 2.41. The van der Waals surface area contributed by atoms with Crippen LogP contribution in [0.2, 0.25) is 0 Å². The summed E-state index contributed by atoms with van der Waals surface area (Å²) in [6.07, 6.45) is -1.28. The van der Waals surface area contributed by atoms with Crippen molar-refractivity contribution in [3.8, 4) is 0 Å². The monoisotopic (exact) mass is 466 g/mol. The van der Waals surface area contributed by atoms with Crippen LogP contribution in [0.3, 0.4) is 0 Å². The first-order valence-corrected chi connectivity index (χ1v) is 10.7. The number of alkyl halides is 3. The number of amides is 2. The van der Waals surface area contributed by atoms with Gasteiger partial charge in [0.15, 0.2) is 5.49 Å².